The van der Waals surface area contributed by atoms with Crippen LogP contribution in [-0.4, -0.2) is 55.9 Å². The lowest BCUT2D eigenvalue weighted by Crippen LogP contribution is -2.54. The van der Waals surface area contributed by atoms with Crippen molar-refractivity contribution in [3.8, 4) is 0 Å². The van der Waals surface area contributed by atoms with Crippen LogP contribution in [0.3, 0.4) is 0 Å². The topological polar surface area (TPSA) is 44.8 Å². The first-order valence-electron chi connectivity index (χ1n) is 9.06. The molecule has 2 amide bonds. The minimum atomic E-state index is -0.201. The van der Waals surface area contributed by atoms with Gasteiger partial charge in [-0.3, -0.25) is 0 Å². The Bertz CT molecular complexity index is 551. The van der Waals surface area contributed by atoms with Crippen LogP contribution in [0.4, 0.5) is 10.5 Å². The van der Waals surface area contributed by atoms with Gasteiger partial charge in [-0.15, -0.1) is 0 Å². The first kappa shape index (κ1) is 17.1. The van der Waals surface area contributed by atoms with Gasteiger partial charge < -0.3 is 19.9 Å². The summed E-state index contributed by atoms with van der Waals surface area (Å²) >= 11 is 0. The standard InChI is InChI=1S/C19H29N3O2/c1-3-19(2)15-22(11-12-24-19)18(23)20-13-16-9-10-21(14-16)17-7-5-4-6-8-17/h4-8,16H,3,9-15H2,1-2H3,(H,20,23)/t16-,19+/m1/s1. The summed E-state index contributed by atoms with van der Waals surface area (Å²) in [5, 5.41) is 3.13. The van der Waals surface area contributed by atoms with Crippen LogP contribution in [0.1, 0.15) is 26.7 Å². The van der Waals surface area contributed by atoms with Gasteiger partial charge in [-0.25, -0.2) is 4.79 Å². The SMILES string of the molecule is CC[C@@]1(C)CN(C(=O)NC[C@H]2CCN(c3ccccc3)C2)CCO1. The Kier molecular flexibility index (Phi) is 5.29. The number of morpholine rings is 1. The highest BCUT2D eigenvalue weighted by molar-refractivity contribution is 5.74. The summed E-state index contributed by atoms with van der Waals surface area (Å²) in [4.78, 5) is 16.8. The van der Waals surface area contributed by atoms with Gasteiger partial charge in [0.1, 0.15) is 0 Å². The van der Waals surface area contributed by atoms with Crippen molar-refractivity contribution in [1.29, 1.82) is 0 Å². The molecule has 2 atom stereocenters. The molecule has 1 N–H and O–H groups in total. The predicted molar refractivity (Wildman–Crippen MR) is 96.4 cm³/mol. The van der Waals surface area contributed by atoms with Crippen LogP contribution in [0.5, 0.6) is 0 Å². The molecular weight excluding hydrogens is 302 g/mol. The fraction of sp³-hybridized carbons (Fsp3) is 0.632. The van der Waals surface area contributed by atoms with Crippen molar-refractivity contribution in [2.24, 2.45) is 5.92 Å². The second-order valence-corrected chi connectivity index (χ2v) is 7.20. The number of hydrogen-bond donors (Lipinski definition) is 1. The van der Waals surface area contributed by atoms with Gasteiger partial charge in [0, 0.05) is 31.9 Å². The number of hydrogen-bond acceptors (Lipinski definition) is 3. The average Bonchev–Trinajstić information content (AvgIpc) is 3.09. The number of anilines is 1. The Labute approximate surface area is 145 Å². The van der Waals surface area contributed by atoms with E-state index in [0.29, 0.717) is 25.6 Å². The lowest BCUT2D eigenvalue weighted by atomic mass is 10.0. The molecule has 1 aromatic rings. The summed E-state index contributed by atoms with van der Waals surface area (Å²) in [6, 6.07) is 10.6. The van der Waals surface area contributed by atoms with Crippen molar-refractivity contribution in [2.45, 2.75) is 32.3 Å². The Morgan fingerprint density at radius 1 is 1.33 bits per heavy atom. The van der Waals surface area contributed by atoms with Gasteiger partial charge in [0.2, 0.25) is 0 Å². The van der Waals surface area contributed by atoms with Crippen molar-refractivity contribution in [1.82, 2.24) is 10.2 Å². The molecular formula is C19H29N3O2. The van der Waals surface area contributed by atoms with Crippen molar-refractivity contribution in [3.05, 3.63) is 30.3 Å². The first-order chi connectivity index (χ1) is 11.6. The number of para-hydroxylation sites is 1. The van der Waals surface area contributed by atoms with E-state index in [1.807, 2.05) is 11.0 Å². The molecule has 1 aromatic carbocycles. The van der Waals surface area contributed by atoms with Crippen molar-refractivity contribution >= 4 is 11.7 Å². The van der Waals surface area contributed by atoms with Gasteiger partial charge in [0.25, 0.3) is 0 Å². The summed E-state index contributed by atoms with van der Waals surface area (Å²) in [7, 11) is 0. The fourth-order valence-electron chi connectivity index (χ4n) is 3.53. The third-order valence-corrected chi connectivity index (χ3v) is 5.32. The van der Waals surface area contributed by atoms with E-state index in [2.05, 4.69) is 48.3 Å². The molecule has 2 aliphatic heterocycles. The average molecular weight is 331 g/mol. The zero-order valence-electron chi connectivity index (χ0n) is 14.8. The smallest absolute Gasteiger partial charge is 0.317 e. The highest BCUT2D eigenvalue weighted by atomic mass is 16.5. The minimum Gasteiger partial charge on any atom is -0.372 e. The monoisotopic (exact) mass is 331 g/mol. The molecule has 3 rings (SSSR count). The van der Waals surface area contributed by atoms with Crippen LogP contribution in [0, 0.1) is 5.92 Å². The van der Waals surface area contributed by atoms with Gasteiger partial charge in [-0.1, -0.05) is 25.1 Å². The van der Waals surface area contributed by atoms with E-state index in [1.165, 1.54) is 5.69 Å². The molecule has 2 heterocycles. The second kappa shape index (κ2) is 7.43. The summed E-state index contributed by atoms with van der Waals surface area (Å²) in [6.07, 6.45) is 2.05. The molecule has 0 unspecified atom stereocenters. The van der Waals surface area contributed by atoms with E-state index in [4.69, 9.17) is 4.74 Å². The minimum absolute atomic E-state index is 0.0520. The van der Waals surface area contributed by atoms with Crippen LogP contribution in [0.2, 0.25) is 0 Å². The van der Waals surface area contributed by atoms with E-state index in [1.54, 1.807) is 0 Å². The van der Waals surface area contributed by atoms with Gasteiger partial charge >= 0.3 is 6.03 Å². The van der Waals surface area contributed by atoms with Crippen LogP contribution in [-0.2, 0) is 4.74 Å². The van der Waals surface area contributed by atoms with Gasteiger partial charge in [-0.05, 0) is 37.8 Å². The van der Waals surface area contributed by atoms with E-state index >= 15 is 0 Å². The summed E-state index contributed by atoms with van der Waals surface area (Å²) < 4.78 is 5.81. The number of carbonyl (C=O) groups excluding carboxylic acids is 1. The number of nitrogens with zero attached hydrogens (tertiary/aromatic N) is 2. The Hall–Kier alpha value is -1.75. The fourth-order valence-corrected chi connectivity index (χ4v) is 3.53. The molecule has 0 saturated carbocycles. The number of rotatable bonds is 4. The lowest BCUT2D eigenvalue weighted by molar-refractivity contribution is -0.0872. The molecule has 2 aliphatic rings. The number of ether oxygens (including phenoxy) is 1. The van der Waals surface area contributed by atoms with Crippen LogP contribution in [0.25, 0.3) is 0 Å². The molecule has 24 heavy (non-hydrogen) atoms. The molecule has 0 aliphatic carbocycles. The van der Waals surface area contributed by atoms with Crippen LogP contribution in [0.15, 0.2) is 30.3 Å². The van der Waals surface area contributed by atoms with E-state index in [0.717, 1.165) is 32.5 Å². The molecule has 5 nitrogen and oxygen atoms in total. The Balaban J connectivity index is 1.45. The van der Waals surface area contributed by atoms with Gasteiger partial charge in [0.05, 0.1) is 18.8 Å². The highest BCUT2D eigenvalue weighted by Gasteiger charge is 2.33. The molecule has 5 heteroatoms. The quantitative estimate of drug-likeness (QED) is 0.923. The van der Waals surface area contributed by atoms with E-state index in [-0.39, 0.29) is 11.6 Å². The lowest BCUT2D eigenvalue weighted by Gasteiger charge is -2.40. The molecule has 0 bridgehead atoms. The number of benzene rings is 1. The predicted octanol–water partition coefficient (Wildman–Crippen LogP) is 2.72. The summed E-state index contributed by atoms with van der Waals surface area (Å²) in [5.74, 6) is 0.521. The number of amides is 2. The van der Waals surface area contributed by atoms with Crippen molar-refractivity contribution in [2.75, 3.05) is 44.2 Å². The van der Waals surface area contributed by atoms with Crippen LogP contribution >= 0.6 is 0 Å². The first-order valence-corrected chi connectivity index (χ1v) is 9.06. The second-order valence-electron chi connectivity index (χ2n) is 7.20. The maximum atomic E-state index is 12.5. The third kappa shape index (κ3) is 4.01. The van der Waals surface area contributed by atoms with Crippen LogP contribution < -0.4 is 10.2 Å². The van der Waals surface area contributed by atoms with Crippen molar-refractivity contribution < 1.29 is 9.53 Å². The third-order valence-electron chi connectivity index (χ3n) is 5.32. The highest BCUT2D eigenvalue weighted by Crippen LogP contribution is 2.23. The van der Waals surface area contributed by atoms with E-state index in [9.17, 15) is 4.79 Å². The van der Waals surface area contributed by atoms with Gasteiger partial charge in [0.15, 0.2) is 0 Å². The molecule has 2 fully saturated rings. The molecule has 2 saturated heterocycles. The molecule has 132 valence electrons. The number of nitrogens with one attached hydrogen (secondary N) is 1. The number of carbonyl (C=O) groups is 1. The molecule has 0 radical (unpaired) electrons. The largest absolute Gasteiger partial charge is 0.372 e. The van der Waals surface area contributed by atoms with Gasteiger partial charge in [-0.2, -0.15) is 0 Å². The summed E-state index contributed by atoms with van der Waals surface area (Å²) in [6.45, 7) is 9.01. The van der Waals surface area contributed by atoms with Crippen molar-refractivity contribution in [3.63, 3.8) is 0 Å². The Morgan fingerprint density at radius 2 is 2.12 bits per heavy atom. The number of urea groups is 1. The maximum absolute atomic E-state index is 12.5. The van der Waals surface area contributed by atoms with E-state index < -0.39 is 0 Å². The normalized spacial score (nSPS) is 27.3. The summed E-state index contributed by atoms with van der Waals surface area (Å²) in [5.41, 5.74) is 1.07. The Morgan fingerprint density at radius 3 is 2.88 bits per heavy atom. The zero-order chi connectivity index (χ0) is 17.0. The maximum Gasteiger partial charge on any atom is 0.317 e. The molecule has 0 spiro atoms. The molecule has 0 aromatic heterocycles. The zero-order valence-corrected chi connectivity index (χ0v) is 14.8.